The summed E-state index contributed by atoms with van der Waals surface area (Å²) in [7, 11) is 0. The number of nitrogens with one attached hydrogen (secondary N) is 1. The molecule has 1 aromatic carbocycles. The van der Waals surface area contributed by atoms with Gasteiger partial charge in [-0.25, -0.2) is 0 Å². The number of aromatic nitrogens is 1. The molecular weight excluding hydrogens is 378 g/mol. The molecule has 24 heavy (non-hydrogen) atoms. The van der Waals surface area contributed by atoms with Gasteiger partial charge in [-0.1, -0.05) is 15.9 Å². The number of pyridine rings is 1. The summed E-state index contributed by atoms with van der Waals surface area (Å²) in [5.41, 5.74) is 2.52. The van der Waals surface area contributed by atoms with Crippen LogP contribution in [0.3, 0.4) is 0 Å². The number of aromatic amines is 1. The van der Waals surface area contributed by atoms with Crippen LogP contribution in [-0.2, 0) is 16.1 Å². The fourth-order valence-corrected chi connectivity index (χ4v) is 3.77. The number of esters is 1. The van der Waals surface area contributed by atoms with E-state index in [2.05, 4.69) is 20.9 Å². The summed E-state index contributed by atoms with van der Waals surface area (Å²) < 4.78 is 17.1. The number of carbonyl (C=O) groups is 1. The van der Waals surface area contributed by atoms with Crippen LogP contribution < -0.4 is 15.0 Å². The van der Waals surface area contributed by atoms with Crippen LogP contribution in [0.1, 0.15) is 34.7 Å². The number of halogens is 1. The van der Waals surface area contributed by atoms with Gasteiger partial charge in [0, 0.05) is 33.3 Å². The highest BCUT2D eigenvalue weighted by Crippen LogP contribution is 2.43. The molecule has 1 atom stereocenters. The number of fused-ring (bicyclic) bond motifs is 2. The maximum atomic E-state index is 12.5. The average molecular weight is 392 g/mol. The van der Waals surface area contributed by atoms with Crippen molar-refractivity contribution in [3.05, 3.63) is 55.4 Å². The van der Waals surface area contributed by atoms with Gasteiger partial charge in [0.05, 0.1) is 18.6 Å². The lowest BCUT2D eigenvalue weighted by Gasteiger charge is -2.28. The molecule has 1 aromatic heterocycles. The van der Waals surface area contributed by atoms with Crippen molar-refractivity contribution < 1.29 is 19.0 Å². The minimum atomic E-state index is -0.421. The number of H-pyrrole nitrogens is 1. The predicted octanol–water partition coefficient (Wildman–Crippen LogP) is 2.75. The van der Waals surface area contributed by atoms with Gasteiger partial charge in [-0.05, 0) is 19.1 Å². The van der Waals surface area contributed by atoms with Gasteiger partial charge in [-0.2, -0.15) is 0 Å². The molecule has 4 rings (SSSR count). The highest BCUT2D eigenvalue weighted by Gasteiger charge is 2.34. The van der Waals surface area contributed by atoms with Gasteiger partial charge in [-0.3, -0.25) is 9.59 Å². The van der Waals surface area contributed by atoms with Gasteiger partial charge in [0.25, 0.3) is 5.56 Å². The summed E-state index contributed by atoms with van der Waals surface area (Å²) in [6.45, 7) is 2.33. The van der Waals surface area contributed by atoms with Crippen molar-refractivity contribution in [3.63, 3.8) is 0 Å². The highest BCUT2D eigenvalue weighted by atomic mass is 79.9. The third kappa shape index (κ3) is 2.53. The van der Waals surface area contributed by atoms with E-state index in [1.165, 1.54) is 0 Å². The Balaban J connectivity index is 1.94. The molecule has 0 bridgehead atoms. The van der Waals surface area contributed by atoms with Gasteiger partial charge in [0.2, 0.25) is 0 Å². The molecule has 0 radical (unpaired) electrons. The molecule has 0 amide bonds. The molecule has 0 saturated carbocycles. The molecule has 2 aliphatic heterocycles. The topological polar surface area (TPSA) is 77.6 Å². The van der Waals surface area contributed by atoms with Gasteiger partial charge in [-0.15, -0.1) is 0 Å². The normalized spacial score (nSPS) is 19.1. The second-order valence-corrected chi connectivity index (χ2v) is 6.80. The number of hydrogen-bond donors (Lipinski definition) is 1. The lowest BCUT2D eigenvalue weighted by molar-refractivity contribution is -0.135. The smallest absolute Gasteiger partial charge is 0.312 e. The molecular formula is C17H14BrNO5. The summed E-state index contributed by atoms with van der Waals surface area (Å²) >= 11 is 3.48. The van der Waals surface area contributed by atoms with Gasteiger partial charge in [0.15, 0.2) is 6.79 Å². The third-order valence-electron chi connectivity index (χ3n) is 4.19. The molecule has 2 aliphatic rings. The second-order valence-electron chi connectivity index (χ2n) is 5.88. The van der Waals surface area contributed by atoms with E-state index in [-0.39, 0.29) is 24.7 Å². The first-order valence-corrected chi connectivity index (χ1v) is 8.29. The van der Waals surface area contributed by atoms with E-state index in [0.717, 1.165) is 15.6 Å². The van der Waals surface area contributed by atoms with Crippen molar-refractivity contribution >= 4 is 21.9 Å². The monoisotopic (exact) mass is 391 g/mol. The van der Waals surface area contributed by atoms with E-state index in [9.17, 15) is 9.59 Å². The Morgan fingerprint density at radius 1 is 1.25 bits per heavy atom. The van der Waals surface area contributed by atoms with Crippen LogP contribution in [0.4, 0.5) is 0 Å². The Bertz CT molecular complexity index is 905. The van der Waals surface area contributed by atoms with Crippen molar-refractivity contribution in [2.45, 2.75) is 25.9 Å². The van der Waals surface area contributed by atoms with Crippen LogP contribution in [0, 0.1) is 6.92 Å². The maximum absolute atomic E-state index is 12.5. The van der Waals surface area contributed by atoms with Crippen LogP contribution in [-0.4, -0.2) is 17.7 Å². The molecule has 7 heteroatoms. The molecule has 0 fully saturated rings. The Kier molecular flexibility index (Phi) is 3.69. The largest absolute Gasteiger partial charge is 0.467 e. The van der Waals surface area contributed by atoms with Gasteiger partial charge >= 0.3 is 5.97 Å². The number of aryl methyl sites for hydroxylation is 1. The van der Waals surface area contributed by atoms with Crippen LogP contribution in [0.15, 0.2) is 27.5 Å². The molecule has 0 aliphatic carbocycles. The Hall–Kier alpha value is -2.12. The summed E-state index contributed by atoms with van der Waals surface area (Å²) in [6.07, 6.45) is 0.0895. The van der Waals surface area contributed by atoms with Crippen molar-refractivity contribution in [1.82, 2.24) is 4.98 Å². The first-order valence-electron chi connectivity index (χ1n) is 7.50. The van der Waals surface area contributed by atoms with Crippen molar-refractivity contribution in [1.29, 1.82) is 0 Å². The average Bonchev–Trinajstić information content (AvgIpc) is 2.52. The maximum Gasteiger partial charge on any atom is 0.312 e. The zero-order valence-electron chi connectivity index (χ0n) is 12.8. The first-order chi connectivity index (χ1) is 11.5. The molecule has 1 N–H and O–H groups in total. The lowest BCUT2D eigenvalue weighted by atomic mass is 9.85. The number of rotatable bonds is 1. The van der Waals surface area contributed by atoms with E-state index in [0.29, 0.717) is 29.4 Å². The summed E-state index contributed by atoms with van der Waals surface area (Å²) in [4.78, 5) is 27.4. The zero-order chi connectivity index (χ0) is 16.8. The highest BCUT2D eigenvalue weighted by molar-refractivity contribution is 9.10. The molecule has 6 nitrogen and oxygen atoms in total. The van der Waals surface area contributed by atoms with Crippen LogP contribution in [0.2, 0.25) is 0 Å². The standard InChI is InChI=1S/C17H14BrNO5/c1-8-2-13-15(17(21)19-8)11(5-14(20)24-13)12-4-10(18)3-9-6-22-7-23-16(9)12/h2-4,11H,5-7H2,1H3,(H,19,21). The van der Waals surface area contributed by atoms with Gasteiger partial charge < -0.3 is 19.2 Å². The van der Waals surface area contributed by atoms with Crippen LogP contribution >= 0.6 is 15.9 Å². The van der Waals surface area contributed by atoms with E-state index >= 15 is 0 Å². The van der Waals surface area contributed by atoms with E-state index in [1.54, 1.807) is 13.0 Å². The zero-order valence-corrected chi connectivity index (χ0v) is 14.4. The molecule has 0 saturated heterocycles. The minimum absolute atomic E-state index is 0.0895. The van der Waals surface area contributed by atoms with E-state index < -0.39 is 5.92 Å². The predicted molar refractivity (Wildman–Crippen MR) is 88.3 cm³/mol. The quantitative estimate of drug-likeness (QED) is 0.756. The van der Waals surface area contributed by atoms with Crippen LogP contribution in [0.25, 0.3) is 0 Å². The molecule has 3 heterocycles. The number of ether oxygens (including phenoxy) is 3. The summed E-state index contributed by atoms with van der Waals surface area (Å²) in [5.74, 6) is 0.210. The van der Waals surface area contributed by atoms with E-state index in [4.69, 9.17) is 14.2 Å². The van der Waals surface area contributed by atoms with E-state index in [1.807, 2.05) is 12.1 Å². The third-order valence-corrected chi connectivity index (χ3v) is 4.65. The Morgan fingerprint density at radius 2 is 2.08 bits per heavy atom. The van der Waals surface area contributed by atoms with Crippen molar-refractivity contribution in [2.75, 3.05) is 6.79 Å². The number of hydrogen-bond acceptors (Lipinski definition) is 5. The van der Waals surface area contributed by atoms with Crippen molar-refractivity contribution in [2.24, 2.45) is 0 Å². The van der Waals surface area contributed by atoms with Crippen molar-refractivity contribution in [3.8, 4) is 11.5 Å². The molecule has 124 valence electrons. The summed E-state index contributed by atoms with van der Waals surface area (Å²) in [6, 6.07) is 5.48. The summed E-state index contributed by atoms with van der Waals surface area (Å²) in [5, 5.41) is 0. The Labute approximate surface area is 145 Å². The van der Waals surface area contributed by atoms with Gasteiger partial charge in [0.1, 0.15) is 11.5 Å². The lowest BCUT2D eigenvalue weighted by Crippen LogP contribution is -2.29. The first kappa shape index (κ1) is 15.4. The minimum Gasteiger partial charge on any atom is -0.467 e. The number of carbonyl (C=O) groups excluding carboxylic acids is 1. The number of benzene rings is 1. The molecule has 0 spiro atoms. The molecule has 1 unspecified atom stereocenters. The molecule has 2 aromatic rings. The van der Waals surface area contributed by atoms with Crippen LogP contribution in [0.5, 0.6) is 11.5 Å². The fourth-order valence-electron chi connectivity index (χ4n) is 3.25. The second kappa shape index (κ2) is 5.75. The SMILES string of the molecule is Cc1cc2c(c(=O)[nH]1)C(c1cc(Br)cc3c1OCOC3)CC(=O)O2. The fraction of sp³-hybridized carbons (Fsp3) is 0.294. The Morgan fingerprint density at radius 3 is 2.92 bits per heavy atom.